The van der Waals surface area contributed by atoms with Crippen molar-refractivity contribution in [1.29, 1.82) is 5.26 Å². The Morgan fingerprint density at radius 1 is 1.30 bits per heavy atom. The van der Waals surface area contributed by atoms with Crippen LogP contribution in [0.5, 0.6) is 0 Å². The molecule has 1 aliphatic rings. The van der Waals surface area contributed by atoms with Gasteiger partial charge in [0.05, 0.1) is 10.5 Å². The third-order valence-electron chi connectivity index (χ3n) is 5.58. The van der Waals surface area contributed by atoms with Gasteiger partial charge < -0.3 is 5.32 Å². The summed E-state index contributed by atoms with van der Waals surface area (Å²) in [6.07, 6.45) is 4.41. The number of nitrogens with one attached hydrogen (secondary N) is 1. The van der Waals surface area contributed by atoms with Gasteiger partial charge in [-0.25, -0.2) is 13.6 Å². The van der Waals surface area contributed by atoms with E-state index >= 15 is 0 Å². The summed E-state index contributed by atoms with van der Waals surface area (Å²) in [6, 6.07) is 8.70. The van der Waals surface area contributed by atoms with Crippen LogP contribution >= 0.6 is 11.3 Å². The molecule has 0 saturated heterocycles. The Morgan fingerprint density at radius 3 is 2.60 bits per heavy atom. The minimum atomic E-state index is -3.71. The van der Waals surface area contributed by atoms with Gasteiger partial charge in [-0.1, -0.05) is 12.1 Å². The number of aryl methyl sites for hydroxylation is 1. The first-order valence-electron chi connectivity index (χ1n) is 9.88. The molecular weight excluding hydrogens is 420 g/mol. The molecule has 3 N–H and O–H groups in total. The SMILES string of the molecule is CC(c1ccc(S(N)(=O)=O)cc1)N(C)CCC(=O)Nc1sc2c(c1C#N)CCCC2. The van der Waals surface area contributed by atoms with Crippen molar-refractivity contribution in [3.8, 4) is 6.07 Å². The van der Waals surface area contributed by atoms with Crippen LogP contribution in [0.25, 0.3) is 0 Å². The van der Waals surface area contributed by atoms with Crippen LogP contribution in [0.4, 0.5) is 5.00 Å². The molecule has 2 aromatic rings. The lowest BCUT2D eigenvalue weighted by molar-refractivity contribution is -0.116. The number of benzene rings is 1. The molecule has 0 radical (unpaired) electrons. The molecule has 3 rings (SSSR count). The second-order valence-electron chi connectivity index (χ2n) is 7.60. The number of sulfonamides is 1. The number of rotatable bonds is 7. The van der Waals surface area contributed by atoms with E-state index in [1.54, 1.807) is 12.1 Å². The number of fused-ring (bicyclic) bond motifs is 1. The number of amides is 1. The smallest absolute Gasteiger partial charge is 0.238 e. The number of primary sulfonamides is 1. The van der Waals surface area contributed by atoms with Gasteiger partial charge in [-0.3, -0.25) is 9.69 Å². The predicted octanol–water partition coefficient (Wildman–Crippen LogP) is 3.17. The fourth-order valence-electron chi connectivity index (χ4n) is 3.62. The van der Waals surface area contributed by atoms with E-state index < -0.39 is 10.0 Å². The average molecular weight is 447 g/mol. The summed E-state index contributed by atoms with van der Waals surface area (Å²) in [6.45, 7) is 2.52. The van der Waals surface area contributed by atoms with Gasteiger partial charge in [0.1, 0.15) is 11.1 Å². The minimum Gasteiger partial charge on any atom is -0.317 e. The highest BCUT2D eigenvalue weighted by atomic mass is 32.2. The zero-order valence-electron chi connectivity index (χ0n) is 17.1. The normalized spacial score (nSPS) is 14.8. The van der Waals surface area contributed by atoms with Gasteiger partial charge in [0.15, 0.2) is 0 Å². The lowest BCUT2D eigenvalue weighted by atomic mass is 9.96. The van der Waals surface area contributed by atoms with Crippen molar-refractivity contribution in [2.75, 3.05) is 18.9 Å². The molecule has 160 valence electrons. The molecule has 1 unspecified atom stereocenters. The lowest BCUT2D eigenvalue weighted by Crippen LogP contribution is -2.27. The predicted molar refractivity (Wildman–Crippen MR) is 118 cm³/mol. The molecule has 1 aromatic carbocycles. The van der Waals surface area contributed by atoms with E-state index in [1.807, 2.05) is 18.9 Å². The second-order valence-corrected chi connectivity index (χ2v) is 10.3. The summed E-state index contributed by atoms with van der Waals surface area (Å²) >= 11 is 1.53. The summed E-state index contributed by atoms with van der Waals surface area (Å²) < 4.78 is 22.8. The third-order valence-corrected chi connectivity index (χ3v) is 7.72. The van der Waals surface area contributed by atoms with Crippen LogP contribution < -0.4 is 10.5 Å². The molecule has 0 aliphatic heterocycles. The van der Waals surface area contributed by atoms with Crippen LogP contribution in [0, 0.1) is 11.3 Å². The molecule has 1 aromatic heterocycles. The molecule has 1 amide bonds. The van der Waals surface area contributed by atoms with Crippen molar-refractivity contribution in [2.24, 2.45) is 5.14 Å². The summed E-state index contributed by atoms with van der Waals surface area (Å²) in [5.74, 6) is -0.117. The molecule has 0 saturated carbocycles. The van der Waals surface area contributed by atoms with Gasteiger partial charge in [-0.2, -0.15) is 5.26 Å². The Hall–Kier alpha value is -2.25. The Balaban J connectivity index is 1.58. The van der Waals surface area contributed by atoms with E-state index in [1.165, 1.54) is 28.3 Å². The maximum Gasteiger partial charge on any atom is 0.238 e. The van der Waals surface area contributed by atoms with Crippen molar-refractivity contribution in [3.63, 3.8) is 0 Å². The van der Waals surface area contributed by atoms with Crippen molar-refractivity contribution < 1.29 is 13.2 Å². The molecule has 7 nitrogen and oxygen atoms in total. The van der Waals surface area contributed by atoms with Gasteiger partial charge in [-0.15, -0.1) is 11.3 Å². The van der Waals surface area contributed by atoms with Crippen molar-refractivity contribution in [1.82, 2.24) is 4.90 Å². The maximum absolute atomic E-state index is 12.5. The highest BCUT2D eigenvalue weighted by Crippen LogP contribution is 2.37. The first-order valence-corrected chi connectivity index (χ1v) is 12.2. The number of nitriles is 1. The first-order chi connectivity index (χ1) is 14.2. The summed E-state index contributed by atoms with van der Waals surface area (Å²) in [5.41, 5.74) is 2.67. The van der Waals surface area contributed by atoms with Gasteiger partial charge in [0, 0.05) is 23.9 Å². The number of nitrogens with zero attached hydrogens (tertiary/aromatic N) is 2. The van der Waals surface area contributed by atoms with Crippen molar-refractivity contribution in [2.45, 2.75) is 50.0 Å². The molecule has 30 heavy (non-hydrogen) atoms. The number of anilines is 1. The number of nitrogens with two attached hydrogens (primary N) is 1. The van der Waals surface area contributed by atoms with E-state index in [-0.39, 0.29) is 16.8 Å². The highest BCUT2D eigenvalue weighted by Gasteiger charge is 2.22. The molecule has 0 bridgehead atoms. The van der Waals surface area contributed by atoms with E-state index in [2.05, 4.69) is 11.4 Å². The number of carbonyl (C=O) groups is 1. The lowest BCUT2D eigenvalue weighted by Gasteiger charge is -2.25. The van der Waals surface area contributed by atoms with Gasteiger partial charge >= 0.3 is 0 Å². The number of carbonyl (C=O) groups excluding carboxylic acids is 1. The molecule has 9 heteroatoms. The summed E-state index contributed by atoms with van der Waals surface area (Å²) in [4.78, 5) is 15.8. The molecule has 0 fully saturated rings. The fraction of sp³-hybridized carbons (Fsp3) is 0.429. The van der Waals surface area contributed by atoms with Crippen molar-refractivity contribution >= 4 is 32.3 Å². The second kappa shape index (κ2) is 9.27. The monoisotopic (exact) mass is 446 g/mol. The third kappa shape index (κ3) is 5.08. The zero-order chi connectivity index (χ0) is 21.9. The van der Waals surface area contributed by atoms with E-state index in [0.717, 1.165) is 36.8 Å². The minimum absolute atomic E-state index is 0.00366. The highest BCUT2D eigenvalue weighted by molar-refractivity contribution is 7.89. The number of thiophene rings is 1. The summed E-state index contributed by atoms with van der Waals surface area (Å²) in [5, 5.41) is 18.2. The molecule has 1 aliphatic carbocycles. The Morgan fingerprint density at radius 2 is 1.97 bits per heavy atom. The van der Waals surface area contributed by atoms with Crippen LogP contribution in [0.3, 0.4) is 0 Å². The Bertz CT molecular complexity index is 1070. The fourth-order valence-corrected chi connectivity index (χ4v) is 5.39. The van der Waals surface area contributed by atoms with Crippen LogP contribution in [0.2, 0.25) is 0 Å². The van der Waals surface area contributed by atoms with Crippen molar-refractivity contribution in [3.05, 3.63) is 45.8 Å². The van der Waals surface area contributed by atoms with Gasteiger partial charge in [0.25, 0.3) is 0 Å². The summed E-state index contributed by atoms with van der Waals surface area (Å²) in [7, 11) is -1.80. The van der Waals surface area contributed by atoms with E-state index in [9.17, 15) is 18.5 Å². The Labute approximate surface area is 181 Å². The average Bonchev–Trinajstić information content (AvgIpc) is 3.07. The molecule has 0 spiro atoms. The number of hydrogen-bond donors (Lipinski definition) is 2. The van der Waals surface area contributed by atoms with Crippen LogP contribution in [-0.2, 0) is 27.7 Å². The first kappa shape index (κ1) is 22.4. The van der Waals surface area contributed by atoms with Crippen LogP contribution in [-0.4, -0.2) is 32.8 Å². The quantitative estimate of drug-likeness (QED) is 0.678. The zero-order valence-corrected chi connectivity index (χ0v) is 18.8. The topological polar surface area (TPSA) is 116 Å². The van der Waals surface area contributed by atoms with Gasteiger partial charge in [0.2, 0.25) is 15.9 Å². The molecule has 1 heterocycles. The number of hydrogen-bond acceptors (Lipinski definition) is 6. The van der Waals surface area contributed by atoms with Crippen LogP contribution in [0.1, 0.15) is 53.8 Å². The molecule has 1 atom stereocenters. The standard InChI is InChI=1S/C21H26N4O3S2/c1-14(15-7-9-16(10-8-15)30(23,27)28)25(2)12-11-20(26)24-21-18(13-22)17-5-3-4-6-19(17)29-21/h7-10,14H,3-6,11-12H2,1-2H3,(H,24,26)(H2,23,27,28). The van der Waals surface area contributed by atoms with Crippen LogP contribution in [0.15, 0.2) is 29.2 Å². The van der Waals surface area contributed by atoms with E-state index in [4.69, 9.17) is 5.14 Å². The maximum atomic E-state index is 12.5. The van der Waals surface area contributed by atoms with Gasteiger partial charge in [-0.05, 0) is 62.9 Å². The largest absolute Gasteiger partial charge is 0.317 e. The Kier molecular flexibility index (Phi) is 6.93. The molecular formula is C21H26N4O3S2. The van der Waals surface area contributed by atoms with E-state index in [0.29, 0.717) is 23.5 Å².